The first kappa shape index (κ1) is 18.5. The maximum absolute atomic E-state index is 13.3. The van der Waals surface area contributed by atoms with Crippen molar-refractivity contribution in [3.8, 4) is 0 Å². The van der Waals surface area contributed by atoms with E-state index in [4.69, 9.17) is 11.6 Å². The van der Waals surface area contributed by atoms with E-state index in [9.17, 15) is 18.8 Å². The molecule has 3 heterocycles. The van der Waals surface area contributed by atoms with Crippen LogP contribution in [0, 0.1) is 17.7 Å². The standard InChI is InChI=1S/C22H18ClFN2O3/c23-13-5-9-15(10-6-13)26-21(28)17-16-2-1-11-25(16)19(18(17)22(26)29)20(27)12-3-7-14(24)8-4-12/h3-10,16-19H,1-2,11H2/t16-,17-,18+,19-/m0/s1. The Morgan fingerprint density at radius 3 is 2.31 bits per heavy atom. The van der Waals surface area contributed by atoms with E-state index in [1.165, 1.54) is 29.2 Å². The summed E-state index contributed by atoms with van der Waals surface area (Å²) in [5.74, 6) is -2.52. The van der Waals surface area contributed by atoms with E-state index >= 15 is 0 Å². The number of amides is 2. The number of ketones is 1. The number of benzene rings is 2. The third kappa shape index (κ3) is 2.74. The third-order valence-electron chi connectivity index (χ3n) is 6.33. The number of hydrogen-bond donors (Lipinski definition) is 0. The number of nitrogens with zero attached hydrogens (tertiary/aromatic N) is 2. The summed E-state index contributed by atoms with van der Waals surface area (Å²) in [7, 11) is 0. The van der Waals surface area contributed by atoms with Gasteiger partial charge in [0.15, 0.2) is 5.78 Å². The monoisotopic (exact) mass is 412 g/mol. The van der Waals surface area contributed by atoms with E-state index in [-0.39, 0.29) is 23.6 Å². The van der Waals surface area contributed by atoms with Crippen LogP contribution in [-0.2, 0) is 9.59 Å². The highest BCUT2D eigenvalue weighted by Gasteiger charge is 2.64. The van der Waals surface area contributed by atoms with Crippen molar-refractivity contribution in [3.05, 3.63) is 64.9 Å². The van der Waals surface area contributed by atoms with Gasteiger partial charge in [0, 0.05) is 16.6 Å². The number of carbonyl (C=O) groups excluding carboxylic acids is 3. The van der Waals surface area contributed by atoms with Crippen LogP contribution in [0.15, 0.2) is 48.5 Å². The van der Waals surface area contributed by atoms with Gasteiger partial charge >= 0.3 is 0 Å². The van der Waals surface area contributed by atoms with E-state index < -0.39 is 23.7 Å². The van der Waals surface area contributed by atoms with Crippen LogP contribution >= 0.6 is 11.6 Å². The summed E-state index contributed by atoms with van der Waals surface area (Å²) in [5, 5.41) is 0.513. The van der Waals surface area contributed by atoms with Gasteiger partial charge in [0.05, 0.1) is 23.6 Å². The maximum atomic E-state index is 13.3. The summed E-state index contributed by atoms with van der Waals surface area (Å²) < 4.78 is 13.3. The smallest absolute Gasteiger partial charge is 0.239 e. The molecule has 0 saturated carbocycles. The van der Waals surface area contributed by atoms with Crippen molar-refractivity contribution < 1.29 is 18.8 Å². The van der Waals surface area contributed by atoms with E-state index in [1.807, 2.05) is 4.90 Å². The predicted molar refractivity (Wildman–Crippen MR) is 105 cm³/mol. The molecule has 0 N–H and O–H groups in total. The number of carbonyl (C=O) groups is 3. The first-order valence-corrected chi connectivity index (χ1v) is 10.0. The van der Waals surface area contributed by atoms with Crippen LogP contribution in [0.1, 0.15) is 23.2 Å². The Morgan fingerprint density at radius 1 is 0.966 bits per heavy atom. The third-order valence-corrected chi connectivity index (χ3v) is 6.59. The molecule has 3 aliphatic rings. The molecule has 3 aliphatic heterocycles. The van der Waals surface area contributed by atoms with Gasteiger partial charge in [0.2, 0.25) is 11.8 Å². The van der Waals surface area contributed by atoms with Gasteiger partial charge in [0.1, 0.15) is 5.82 Å². The molecule has 3 fully saturated rings. The molecule has 0 aliphatic carbocycles. The molecule has 0 aromatic heterocycles. The molecule has 4 atom stereocenters. The number of fused-ring (bicyclic) bond motifs is 3. The summed E-state index contributed by atoms with van der Waals surface area (Å²) in [4.78, 5) is 43.1. The molecule has 148 valence electrons. The highest BCUT2D eigenvalue weighted by molar-refractivity contribution is 6.31. The number of hydrogen-bond acceptors (Lipinski definition) is 4. The zero-order valence-corrected chi connectivity index (χ0v) is 16.2. The lowest BCUT2D eigenvalue weighted by Gasteiger charge is -2.27. The van der Waals surface area contributed by atoms with Gasteiger partial charge in [-0.3, -0.25) is 19.3 Å². The zero-order valence-electron chi connectivity index (χ0n) is 15.4. The minimum absolute atomic E-state index is 0.122. The van der Waals surface area contributed by atoms with E-state index in [2.05, 4.69) is 0 Å². The summed E-state index contributed by atoms with van der Waals surface area (Å²) in [6, 6.07) is 11.1. The fourth-order valence-corrected chi connectivity index (χ4v) is 5.27. The van der Waals surface area contributed by atoms with E-state index in [0.717, 1.165) is 12.8 Å². The Kier molecular flexibility index (Phi) is 4.29. The highest BCUT2D eigenvalue weighted by atomic mass is 35.5. The highest BCUT2D eigenvalue weighted by Crippen LogP contribution is 2.48. The Hall–Kier alpha value is -2.57. The lowest BCUT2D eigenvalue weighted by atomic mass is 9.85. The summed E-state index contributed by atoms with van der Waals surface area (Å²) in [6.07, 6.45) is 1.66. The van der Waals surface area contributed by atoms with Gasteiger partial charge < -0.3 is 0 Å². The van der Waals surface area contributed by atoms with Gasteiger partial charge in [-0.25, -0.2) is 9.29 Å². The van der Waals surface area contributed by atoms with Crippen LogP contribution in [0.25, 0.3) is 0 Å². The lowest BCUT2D eigenvalue weighted by Crippen LogP contribution is -2.46. The topological polar surface area (TPSA) is 57.7 Å². The van der Waals surface area contributed by atoms with Crippen LogP contribution in [0.4, 0.5) is 10.1 Å². The van der Waals surface area contributed by atoms with Gasteiger partial charge in [-0.1, -0.05) is 11.6 Å². The molecule has 29 heavy (non-hydrogen) atoms. The maximum Gasteiger partial charge on any atom is 0.239 e. The number of Topliss-reactive ketones (excluding diaryl/α,β-unsaturated/α-hetero) is 1. The van der Waals surface area contributed by atoms with Crippen molar-refractivity contribution >= 4 is 34.9 Å². The van der Waals surface area contributed by atoms with E-state index in [1.54, 1.807) is 24.3 Å². The molecular weight excluding hydrogens is 395 g/mol. The van der Waals surface area contributed by atoms with Gasteiger partial charge in [-0.15, -0.1) is 0 Å². The zero-order chi connectivity index (χ0) is 20.3. The quantitative estimate of drug-likeness (QED) is 0.573. The Balaban J connectivity index is 1.54. The second-order valence-electron chi connectivity index (χ2n) is 7.80. The number of rotatable bonds is 3. The molecule has 5 nitrogen and oxygen atoms in total. The summed E-state index contributed by atoms with van der Waals surface area (Å²) >= 11 is 5.94. The minimum Gasteiger partial charge on any atom is -0.292 e. The SMILES string of the molecule is O=C(c1ccc(F)cc1)[C@@H]1[C@@H]2C(=O)N(c3ccc(Cl)cc3)C(=O)[C@H]2[C@@H]2CCCN12. The molecule has 5 rings (SSSR count). The van der Waals surface area contributed by atoms with Crippen molar-refractivity contribution in [1.82, 2.24) is 4.90 Å². The first-order valence-electron chi connectivity index (χ1n) is 9.66. The van der Waals surface area contributed by atoms with Gasteiger partial charge in [-0.05, 0) is 67.9 Å². The van der Waals surface area contributed by atoms with Gasteiger partial charge in [-0.2, -0.15) is 0 Å². The molecule has 2 aromatic carbocycles. The van der Waals surface area contributed by atoms with Gasteiger partial charge in [0.25, 0.3) is 0 Å². The fourth-order valence-electron chi connectivity index (χ4n) is 5.14. The van der Waals surface area contributed by atoms with Crippen LogP contribution in [-0.4, -0.2) is 41.1 Å². The molecule has 0 unspecified atom stereocenters. The number of anilines is 1. The fraction of sp³-hybridized carbons (Fsp3) is 0.318. The number of halogens is 2. The Labute approximate surface area is 172 Å². The van der Waals surface area contributed by atoms with Crippen molar-refractivity contribution in [3.63, 3.8) is 0 Å². The summed E-state index contributed by atoms with van der Waals surface area (Å²) in [6.45, 7) is 0.677. The van der Waals surface area contributed by atoms with Crippen LogP contribution in [0.5, 0.6) is 0 Å². The largest absolute Gasteiger partial charge is 0.292 e. The van der Waals surface area contributed by atoms with Crippen molar-refractivity contribution in [2.75, 3.05) is 11.4 Å². The van der Waals surface area contributed by atoms with E-state index in [0.29, 0.717) is 22.8 Å². The molecule has 0 bridgehead atoms. The second kappa shape index (κ2) is 6.75. The van der Waals surface area contributed by atoms with Crippen molar-refractivity contribution in [2.24, 2.45) is 11.8 Å². The second-order valence-corrected chi connectivity index (χ2v) is 8.24. The van der Waals surface area contributed by atoms with Crippen LogP contribution < -0.4 is 4.90 Å². The number of imide groups is 1. The molecule has 0 radical (unpaired) electrons. The normalized spacial score (nSPS) is 28.7. The van der Waals surface area contributed by atoms with Crippen LogP contribution in [0.3, 0.4) is 0 Å². The average Bonchev–Trinajstić information content (AvgIpc) is 3.35. The predicted octanol–water partition coefficient (Wildman–Crippen LogP) is 3.31. The molecular formula is C22H18ClFN2O3. The minimum atomic E-state index is -0.721. The lowest BCUT2D eigenvalue weighted by molar-refractivity contribution is -0.123. The van der Waals surface area contributed by atoms with Crippen molar-refractivity contribution in [2.45, 2.75) is 24.9 Å². The Morgan fingerprint density at radius 2 is 1.62 bits per heavy atom. The first-order chi connectivity index (χ1) is 14.0. The van der Waals surface area contributed by atoms with Crippen LogP contribution in [0.2, 0.25) is 5.02 Å². The molecule has 2 amide bonds. The Bertz CT molecular complexity index is 1010. The molecule has 2 aromatic rings. The average molecular weight is 413 g/mol. The molecule has 3 saturated heterocycles. The molecule has 7 heteroatoms. The molecule has 0 spiro atoms. The van der Waals surface area contributed by atoms with Crippen molar-refractivity contribution in [1.29, 1.82) is 0 Å². The summed E-state index contributed by atoms with van der Waals surface area (Å²) in [5.41, 5.74) is 0.823.